The number of amides is 2. The fraction of sp³-hybridized carbons (Fsp3) is 0.677. The zero-order valence-electron chi connectivity index (χ0n) is 25.1. The van der Waals surface area contributed by atoms with Crippen molar-refractivity contribution in [1.82, 2.24) is 35.8 Å². The Morgan fingerprint density at radius 2 is 1.79 bits per heavy atom. The number of rotatable bonds is 3. The molecule has 0 radical (unpaired) electrons. The number of anilines is 2. The van der Waals surface area contributed by atoms with Gasteiger partial charge in [0.15, 0.2) is 0 Å². The van der Waals surface area contributed by atoms with Gasteiger partial charge in [-0.05, 0) is 68.8 Å². The summed E-state index contributed by atoms with van der Waals surface area (Å²) in [6.07, 6.45) is 8.65. The first-order valence-electron chi connectivity index (χ1n) is 16.2. The highest BCUT2D eigenvalue weighted by Gasteiger charge is 2.55. The van der Waals surface area contributed by atoms with Gasteiger partial charge in [0.2, 0.25) is 11.8 Å². The molecule has 6 aliphatic heterocycles. The smallest absolute Gasteiger partial charge is 0.249 e. The predicted octanol–water partition coefficient (Wildman–Crippen LogP) is 0.331. The van der Waals surface area contributed by atoms with Gasteiger partial charge in [-0.3, -0.25) is 30.5 Å². The number of piperidine rings is 1. The molecule has 6 heterocycles. The average molecular weight is 592 g/mol. The number of piperazine rings is 1. The summed E-state index contributed by atoms with van der Waals surface area (Å²) in [7, 11) is 2.18. The number of hydrazine groups is 1. The van der Waals surface area contributed by atoms with E-state index >= 15 is 0 Å². The Bertz CT molecular complexity index is 1250. The largest absolute Gasteiger partial charge is 0.369 e. The van der Waals surface area contributed by atoms with E-state index in [0.29, 0.717) is 13.1 Å². The van der Waals surface area contributed by atoms with E-state index in [1.165, 1.54) is 5.69 Å². The minimum atomic E-state index is -0.203. The van der Waals surface area contributed by atoms with Crippen molar-refractivity contribution >= 4 is 23.2 Å². The number of allylic oxidation sites excluding steroid dienone is 1. The van der Waals surface area contributed by atoms with Crippen molar-refractivity contribution in [1.29, 1.82) is 0 Å². The summed E-state index contributed by atoms with van der Waals surface area (Å²) in [6, 6.07) is 8.66. The van der Waals surface area contributed by atoms with Crippen molar-refractivity contribution in [2.24, 2.45) is 11.3 Å². The summed E-state index contributed by atoms with van der Waals surface area (Å²) in [5.74, 6) is 0.00208. The van der Waals surface area contributed by atoms with Gasteiger partial charge in [0.25, 0.3) is 0 Å². The van der Waals surface area contributed by atoms with Gasteiger partial charge < -0.3 is 24.8 Å². The Hall–Kier alpha value is -2.74. The second kappa shape index (κ2) is 11.0. The van der Waals surface area contributed by atoms with Crippen molar-refractivity contribution in [3.63, 3.8) is 0 Å². The normalized spacial score (nSPS) is 36.9. The molecular formula is C31H45N9O3. The van der Waals surface area contributed by atoms with E-state index < -0.39 is 0 Å². The number of likely N-dealkylation sites (N-methyl/N-ethyl adjacent to an activating group) is 1. The summed E-state index contributed by atoms with van der Waals surface area (Å²) < 4.78 is 6.03. The number of morpholine rings is 1. The molecule has 232 valence electrons. The number of benzene rings is 1. The van der Waals surface area contributed by atoms with Crippen LogP contribution in [0, 0.1) is 11.3 Å². The molecule has 1 spiro atoms. The lowest BCUT2D eigenvalue weighted by Crippen LogP contribution is -2.72. The van der Waals surface area contributed by atoms with Crippen LogP contribution in [0.3, 0.4) is 0 Å². The van der Waals surface area contributed by atoms with E-state index in [1.54, 1.807) is 0 Å². The van der Waals surface area contributed by atoms with Gasteiger partial charge in [-0.1, -0.05) is 12.2 Å². The maximum atomic E-state index is 13.8. The van der Waals surface area contributed by atoms with Crippen molar-refractivity contribution in [2.45, 2.75) is 63.0 Å². The van der Waals surface area contributed by atoms with E-state index in [4.69, 9.17) is 4.74 Å². The third-order valence-corrected chi connectivity index (χ3v) is 10.7. The molecule has 12 nitrogen and oxygen atoms in total. The molecule has 5 saturated heterocycles. The standard InChI is InChI=1S/C31H45N9O3/c1-36-14-16-37(17-15-36)22-6-4-21(5-7-22)33-30-32-18-23-27(35-30)40-25-9-8-24-28(34-25)38(26(41)19-43-24)20-31(11-12-31)10-2-3-13-39(40)29(23)42/h2-7,23-25,27-28,30,32-35H,8-20H2,1H3/b3-2-. The highest BCUT2D eigenvalue weighted by atomic mass is 16.5. The van der Waals surface area contributed by atoms with Crippen molar-refractivity contribution in [2.75, 3.05) is 69.7 Å². The summed E-state index contributed by atoms with van der Waals surface area (Å²) >= 11 is 0. The Balaban J connectivity index is 1.01. The molecule has 0 aromatic heterocycles. The Kier molecular flexibility index (Phi) is 7.11. The van der Waals surface area contributed by atoms with Gasteiger partial charge in [0.1, 0.15) is 19.1 Å². The van der Waals surface area contributed by atoms with Crippen LogP contribution in [0.25, 0.3) is 0 Å². The molecule has 2 bridgehead atoms. The van der Waals surface area contributed by atoms with Gasteiger partial charge in [-0.25, -0.2) is 0 Å². The third kappa shape index (κ3) is 5.21. The molecule has 1 aliphatic carbocycles. The lowest BCUT2D eigenvalue weighted by atomic mass is 9.96. The van der Waals surface area contributed by atoms with Crippen molar-refractivity contribution in [3.8, 4) is 0 Å². The first-order valence-corrected chi connectivity index (χ1v) is 16.2. The summed E-state index contributed by atoms with van der Waals surface area (Å²) in [6.45, 7) is 6.33. The number of ether oxygens (including phenoxy) is 1. The van der Waals surface area contributed by atoms with E-state index in [1.807, 2.05) is 5.01 Å². The average Bonchev–Trinajstić information content (AvgIpc) is 3.73. The van der Waals surface area contributed by atoms with Gasteiger partial charge in [0, 0.05) is 50.6 Å². The number of hydrogen-bond donors (Lipinski definition) is 4. The first kappa shape index (κ1) is 27.8. The molecule has 4 N–H and O–H groups in total. The fourth-order valence-corrected chi connectivity index (χ4v) is 7.90. The van der Waals surface area contributed by atoms with Crippen molar-refractivity contribution in [3.05, 3.63) is 36.4 Å². The van der Waals surface area contributed by atoms with Gasteiger partial charge in [0.05, 0.1) is 30.9 Å². The van der Waals surface area contributed by atoms with E-state index in [9.17, 15) is 9.59 Å². The first-order chi connectivity index (χ1) is 21.0. The summed E-state index contributed by atoms with van der Waals surface area (Å²) in [5, 5.41) is 18.8. The SMILES string of the molecule is CN1CCN(c2ccc(NC3NCC4C(=O)N5C/C=C\CC6(CC6)CN6C(=O)COC7CCC(NC76)N5C4N3)cc2)CC1. The number of nitrogens with zero attached hydrogens (tertiary/aromatic N) is 5. The number of carbonyl (C=O) groups excluding carboxylic acids is 2. The number of carbonyl (C=O) groups is 2. The summed E-state index contributed by atoms with van der Waals surface area (Å²) in [4.78, 5) is 33.8. The second-order valence-corrected chi connectivity index (χ2v) is 13.6. The molecule has 43 heavy (non-hydrogen) atoms. The Labute approximate surface area is 253 Å². The topological polar surface area (TPSA) is 108 Å². The molecule has 2 amide bonds. The molecule has 6 fully saturated rings. The summed E-state index contributed by atoms with van der Waals surface area (Å²) in [5.41, 5.74) is 2.44. The minimum Gasteiger partial charge on any atom is -0.369 e. The Morgan fingerprint density at radius 3 is 2.58 bits per heavy atom. The quantitative estimate of drug-likeness (QED) is 0.368. The van der Waals surface area contributed by atoms with Crippen LogP contribution in [0.2, 0.25) is 0 Å². The second-order valence-electron chi connectivity index (χ2n) is 13.6. The maximum Gasteiger partial charge on any atom is 0.249 e. The molecular weight excluding hydrogens is 546 g/mol. The molecule has 8 rings (SSSR count). The number of fused-ring (bicyclic) bond motifs is 5. The molecule has 12 heteroatoms. The molecule has 6 atom stereocenters. The van der Waals surface area contributed by atoms with Crippen LogP contribution in [0.4, 0.5) is 11.4 Å². The predicted molar refractivity (Wildman–Crippen MR) is 162 cm³/mol. The number of hydrogen-bond acceptors (Lipinski definition) is 10. The molecule has 1 aromatic rings. The molecule has 6 unspecified atom stereocenters. The zero-order chi connectivity index (χ0) is 29.1. The van der Waals surface area contributed by atoms with Crippen LogP contribution >= 0.6 is 0 Å². The van der Waals surface area contributed by atoms with Crippen LogP contribution in [0.5, 0.6) is 0 Å². The lowest BCUT2D eigenvalue weighted by molar-refractivity contribution is -0.178. The van der Waals surface area contributed by atoms with E-state index in [0.717, 1.165) is 70.5 Å². The molecule has 1 saturated carbocycles. The lowest BCUT2D eigenvalue weighted by Gasteiger charge is -2.51. The minimum absolute atomic E-state index is 0.0185. The number of nitrogens with one attached hydrogen (secondary N) is 4. The fourth-order valence-electron chi connectivity index (χ4n) is 7.90. The van der Waals surface area contributed by atoms with E-state index in [-0.39, 0.29) is 60.6 Å². The zero-order valence-corrected chi connectivity index (χ0v) is 25.1. The molecule has 1 aromatic carbocycles. The maximum absolute atomic E-state index is 13.8. The monoisotopic (exact) mass is 591 g/mol. The van der Waals surface area contributed by atoms with Crippen LogP contribution in [-0.4, -0.2) is 122 Å². The van der Waals surface area contributed by atoms with Gasteiger partial charge in [-0.2, -0.15) is 5.01 Å². The van der Waals surface area contributed by atoms with Crippen molar-refractivity contribution < 1.29 is 14.3 Å². The van der Waals surface area contributed by atoms with Crippen LogP contribution in [0.15, 0.2) is 36.4 Å². The third-order valence-electron chi connectivity index (χ3n) is 10.7. The highest BCUT2D eigenvalue weighted by molar-refractivity contribution is 5.82. The van der Waals surface area contributed by atoms with Crippen LogP contribution < -0.4 is 26.2 Å². The van der Waals surface area contributed by atoms with Crippen LogP contribution in [-0.2, 0) is 14.3 Å². The van der Waals surface area contributed by atoms with Gasteiger partial charge in [-0.15, -0.1) is 0 Å². The van der Waals surface area contributed by atoms with Crippen LogP contribution in [0.1, 0.15) is 32.1 Å². The van der Waals surface area contributed by atoms with E-state index in [2.05, 4.69) is 84.4 Å². The Morgan fingerprint density at radius 1 is 0.977 bits per heavy atom. The highest BCUT2D eigenvalue weighted by Crippen LogP contribution is 2.50. The molecule has 7 aliphatic rings. The van der Waals surface area contributed by atoms with Gasteiger partial charge >= 0.3 is 0 Å².